The predicted molar refractivity (Wildman–Crippen MR) is 123 cm³/mol. The molecule has 0 radical (unpaired) electrons. The summed E-state index contributed by atoms with van der Waals surface area (Å²) in [6.45, 7) is 2.24. The van der Waals surface area contributed by atoms with Crippen LogP contribution in [0.15, 0.2) is 11.4 Å². The van der Waals surface area contributed by atoms with Gasteiger partial charge >= 0.3 is 11.9 Å². The highest BCUT2D eigenvalue weighted by molar-refractivity contribution is 8.23. The molecule has 0 aromatic carbocycles. The van der Waals surface area contributed by atoms with Crippen LogP contribution in [0, 0.1) is 0 Å². The summed E-state index contributed by atoms with van der Waals surface area (Å²) in [5.74, 6) is -2.35. The number of thiophene rings is 1. The van der Waals surface area contributed by atoms with Crippen LogP contribution < -0.4 is 0 Å². The molecule has 0 amide bonds. The molecule has 4 nitrogen and oxygen atoms in total. The molecule has 0 aliphatic carbocycles. The molecule has 0 fully saturated rings. The van der Waals surface area contributed by atoms with Crippen molar-refractivity contribution in [1.29, 1.82) is 0 Å². The molecule has 0 aliphatic rings. The topological polar surface area (TPSA) is 74.6 Å². The highest BCUT2D eigenvalue weighted by Gasteiger charge is 2.27. The number of hydrogen-bond acceptors (Lipinski definition) is 5. The number of carboxylic acids is 2. The third-order valence-electron chi connectivity index (χ3n) is 4.64. The van der Waals surface area contributed by atoms with E-state index in [-0.39, 0.29) is 0 Å². The Morgan fingerprint density at radius 2 is 1.61 bits per heavy atom. The second kappa shape index (κ2) is 15.0. The first-order valence-electron chi connectivity index (χ1n) is 10.2. The van der Waals surface area contributed by atoms with Gasteiger partial charge in [-0.15, -0.1) is 23.1 Å². The minimum atomic E-state index is -1.12. The van der Waals surface area contributed by atoms with Crippen LogP contribution in [-0.2, 0) is 9.59 Å². The summed E-state index contributed by atoms with van der Waals surface area (Å²) in [6.07, 6.45) is 12.5. The van der Waals surface area contributed by atoms with Gasteiger partial charge in [-0.3, -0.25) is 9.59 Å². The highest BCUT2D eigenvalue weighted by Crippen LogP contribution is 2.32. The van der Waals surface area contributed by atoms with E-state index in [4.69, 9.17) is 17.3 Å². The molecule has 1 aromatic rings. The minimum absolute atomic E-state index is 0.422. The molecule has 0 spiro atoms. The van der Waals surface area contributed by atoms with Gasteiger partial charge in [-0.05, 0) is 23.6 Å². The third kappa shape index (κ3) is 10.0. The Bertz CT molecular complexity index is 613. The number of aliphatic carboxylic acids is 2. The van der Waals surface area contributed by atoms with Gasteiger partial charge in [0, 0.05) is 10.4 Å². The third-order valence-corrected chi connectivity index (χ3v) is 7.22. The first-order chi connectivity index (χ1) is 13.5. The van der Waals surface area contributed by atoms with Crippen molar-refractivity contribution in [3.05, 3.63) is 21.9 Å². The number of thiocarbonyl (C=S) groups is 1. The van der Waals surface area contributed by atoms with Crippen LogP contribution in [-0.4, -0.2) is 32.1 Å². The van der Waals surface area contributed by atoms with Gasteiger partial charge in [0.1, 0.15) is 5.92 Å². The van der Waals surface area contributed by atoms with Crippen molar-refractivity contribution >= 4 is 51.5 Å². The van der Waals surface area contributed by atoms with E-state index in [2.05, 4.69) is 6.92 Å². The van der Waals surface area contributed by atoms with Crippen molar-refractivity contribution < 1.29 is 19.8 Å². The summed E-state index contributed by atoms with van der Waals surface area (Å²) < 4.78 is 0.670. The molecule has 7 heteroatoms. The molecule has 28 heavy (non-hydrogen) atoms. The average molecular weight is 445 g/mol. The monoisotopic (exact) mass is 444 g/mol. The smallest absolute Gasteiger partial charge is 0.312 e. The van der Waals surface area contributed by atoms with Crippen LogP contribution in [0.1, 0.15) is 93.9 Å². The van der Waals surface area contributed by atoms with Crippen LogP contribution >= 0.6 is 35.3 Å². The molecule has 1 aromatic heterocycles. The predicted octanol–water partition coefficient (Wildman–Crippen LogP) is 6.72. The molecular formula is C21H32O4S3. The standard InChI is InChI=1S/C21H32O4S3/c1-2-3-4-5-6-7-8-9-10-11-13-28-21(26)16-12-14-27-19(16)17(20(24)25)15-18(22)23/h12,14,17H,2-11,13,15H2,1H3,(H,22,23)(H,24,25). The fourth-order valence-corrected chi connectivity index (χ4v) is 5.48. The molecule has 1 unspecified atom stereocenters. The van der Waals surface area contributed by atoms with Crippen molar-refractivity contribution in [2.45, 2.75) is 83.5 Å². The number of rotatable bonds is 16. The number of carboxylic acid groups (broad SMARTS) is 2. The van der Waals surface area contributed by atoms with E-state index in [0.717, 1.165) is 12.2 Å². The number of hydrogen-bond donors (Lipinski definition) is 2. The summed E-state index contributed by atoms with van der Waals surface area (Å²) in [6, 6.07) is 1.81. The van der Waals surface area contributed by atoms with E-state index >= 15 is 0 Å². The van der Waals surface area contributed by atoms with Crippen LogP contribution in [0.2, 0.25) is 0 Å². The van der Waals surface area contributed by atoms with E-state index in [1.807, 2.05) is 6.07 Å². The lowest BCUT2D eigenvalue weighted by atomic mass is 10.0. The lowest BCUT2D eigenvalue weighted by Crippen LogP contribution is -2.16. The maximum absolute atomic E-state index is 11.5. The summed E-state index contributed by atoms with van der Waals surface area (Å²) in [5.41, 5.74) is 0.714. The van der Waals surface area contributed by atoms with Crippen molar-refractivity contribution in [3.63, 3.8) is 0 Å². The Labute approximate surface area is 182 Å². The normalized spacial score (nSPS) is 12.0. The molecule has 1 heterocycles. The van der Waals surface area contributed by atoms with Crippen LogP contribution in [0.25, 0.3) is 0 Å². The van der Waals surface area contributed by atoms with E-state index in [1.54, 1.807) is 17.1 Å². The van der Waals surface area contributed by atoms with Gasteiger partial charge in [0.2, 0.25) is 0 Å². The lowest BCUT2D eigenvalue weighted by Gasteiger charge is -2.11. The van der Waals surface area contributed by atoms with Gasteiger partial charge < -0.3 is 10.2 Å². The maximum Gasteiger partial charge on any atom is 0.312 e. The van der Waals surface area contributed by atoms with Gasteiger partial charge in [0.25, 0.3) is 0 Å². The Morgan fingerprint density at radius 3 is 2.14 bits per heavy atom. The van der Waals surface area contributed by atoms with Gasteiger partial charge in [-0.25, -0.2) is 0 Å². The first-order valence-corrected chi connectivity index (χ1v) is 12.4. The van der Waals surface area contributed by atoms with Crippen LogP contribution in [0.5, 0.6) is 0 Å². The first kappa shape index (κ1) is 25.1. The molecule has 0 bridgehead atoms. The molecule has 2 N–H and O–H groups in total. The second-order valence-corrected chi connectivity index (χ2v) is 9.72. The summed E-state index contributed by atoms with van der Waals surface area (Å²) in [5, 5.41) is 20.1. The zero-order valence-corrected chi connectivity index (χ0v) is 19.1. The van der Waals surface area contributed by atoms with Crippen molar-refractivity contribution in [3.8, 4) is 0 Å². The van der Waals surface area contributed by atoms with Crippen molar-refractivity contribution in [2.75, 3.05) is 5.75 Å². The van der Waals surface area contributed by atoms with E-state index in [0.29, 0.717) is 14.6 Å². The molecule has 1 rings (SSSR count). The number of thioether (sulfide) groups is 1. The zero-order chi connectivity index (χ0) is 20.8. The fraction of sp³-hybridized carbons (Fsp3) is 0.667. The zero-order valence-electron chi connectivity index (χ0n) is 16.7. The van der Waals surface area contributed by atoms with Crippen LogP contribution in [0.4, 0.5) is 0 Å². The molecular weight excluding hydrogens is 412 g/mol. The lowest BCUT2D eigenvalue weighted by molar-refractivity contribution is -0.145. The highest BCUT2D eigenvalue weighted by atomic mass is 32.2. The Balaban J connectivity index is 2.29. The van der Waals surface area contributed by atoms with E-state index < -0.39 is 24.3 Å². The minimum Gasteiger partial charge on any atom is -0.481 e. The summed E-state index contributed by atoms with van der Waals surface area (Å²) >= 11 is 8.32. The molecule has 0 saturated heterocycles. The van der Waals surface area contributed by atoms with Gasteiger partial charge in [0.05, 0.1) is 10.6 Å². The molecule has 158 valence electrons. The van der Waals surface area contributed by atoms with Crippen molar-refractivity contribution in [2.24, 2.45) is 0 Å². The maximum atomic E-state index is 11.5. The Kier molecular flexibility index (Phi) is 13.4. The largest absolute Gasteiger partial charge is 0.481 e. The fourth-order valence-electron chi connectivity index (χ4n) is 3.06. The van der Waals surface area contributed by atoms with E-state index in [9.17, 15) is 14.7 Å². The van der Waals surface area contributed by atoms with Gasteiger partial charge in [0.15, 0.2) is 0 Å². The summed E-state index contributed by atoms with van der Waals surface area (Å²) in [4.78, 5) is 23.0. The molecule has 1 atom stereocenters. The Morgan fingerprint density at radius 1 is 1.04 bits per heavy atom. The second-order valence-electron chi connectivity index (χ2n) is 7.01. The summed E-state index contributed by atoms with van der Waals surface area (Å²) in [7, 11) is 0. The quantitative estimate of drug-likeness (QED) is 0.218. The van der Waals surface area contributed by atoms with E-state index in [1.165, 1.54) is 69.1 Å². The molecule has 0 aliphatic heterocycles. The van der Waals surface area contributed by atoms with Gasteiger partial charge in [-0.2, -0.15) is 0 Å². The average Bonchev–Trinajstić information content (AvgIpc) is 3.13. The van der Waals surface area contributed by atoms with Gasteiger partial charge in [-0.1, -0.05) is 76.9 Å². The Hall–Kier alpha value is -0.920. The molecule has 0 saturated carbocycles. The van der Waals surface area contributed by atoms with Crippen molar-refractivity contribution in [1.82, 2.24) is 0 Å². The SMILES string of the molecule is CCCCCCCCCCCCSC(=S)c1ccsc1C(CC(=O)O)C(=O)O. The number of carbonyl (C=O) groups is 2. The number of unbranched alkanes of at least 4 members (excludes halogenated alkanes) is 9. The van der Waals surface area contributed by atoms with Crippen LogP contribution in [0.3, 0.4) is 0 Å².